The van der Waals surface area contributed by atoms with Gasteiger partial charge >= 0.3 is 0 Å². The highest BCUT2D eigenvalue weighted by Crippen LogP contribution is 2.26. The van der Waals surface area contributed by atoms with Gasteiger partial charge in [-0.2, -0.15) is 0 Å². The average Bonchev–Trinajstić information content (AvgIpc) is 2.63. The lowest BCUT2D eigenvalue weighted by Crippen LogP contribution is -2.51. The van der Waals surface area contributed by atoms with Crippen LogP contribution in [-0.4, -0.2) is 38.5 Å². The van der Waals surface area contributed by atoms with Crippen LogP contribution in [0.15, 0.2) is 0 Å². The monoisotopic (exact) mass is 199 g/mol. The molecule has 0 aliphatic carbocycles. The van der Waals surface area contributed by atoms with E-state index < -0.39 is 0 Å². The van der Waals surface area contributed by atoms with Crippen molar-refractivity contribution in [3.8, 4) is 0 Å². The smallest absolute Gasteiger partial charge is 0.0726 e. The van der Waals surface area contributed by atoms with E-state index in [2.05, 4.69) is 19.2 Å². The fourth-order valence-corrected chi connectivity index (χ4v) is 2.09. The third-order valence-corrected chi connectivity index (χ3v) is 3.27. The molecule has 0 bridgehead atoms. The van der Waals surface area contributed by atoms with Crippen LogP contribution in [0.5, 0.6) is 0 Å². The molecule has 1 N–H and O–H groups in total. The van der Waals surface area contributed by atoms with Crippen molar-refractivity contribution in [2.24, 2.45) is 5.41 Å². The molecule has 2 aliphatic heterocycles. The second-order valence-electron chi connectivity index (χ2n) is 5.02. The van der Waals surface area contributed by atoms with Gasteiger partial charge in [-0.15, -0.1) is 0 Å². The summed E-state index contributed by atoms with van der Waals surface area (Å²) in [6.07, 6.45) is 2.86. The predicted octanol–water partition coefficient (Wildman–Crippen LogP) is 1.18. The molecule has 0 aromatic rings. The Morgan fingerprint density at radius 3 is 2.79 bits per heavy atom. The summed E-state index contributed by atoms with van der Waals surface area (Å²) in [7, 11) is 0. The number of hydrogen-bond acceptors (Lipinski definition) is 3. The quantitative estimate of drug-likeness (QED) is 0.737. The molecule has 2 unspecified atom stereocenters. The molecule has 2 saturated heterocycles. The minimum Gasteiger partial charge on any atom is -0.380 e. The molecule has 0 amide bonds. The first kappa shape index (κ1) is 10.4. The summed E-state index contributed by atoms with van der Waals surface area (Å²) in [6, 6.07) is 0.481. The van der Waals surface area contributed by atoms with Crippen molar-refractivity contribution < 1.29 is 9.47 Å². The van der Waals surface area contributed by atoms with Gasteiger partial charge in [-0.05, 0) is 19.8 Å². The summed E-state index contributed by atoms with van der Waals surface area (Å²) < 4.78 is 10.9. The second kappa shape index (κ2) is 4.17. The van der Waals surface area contributed by atoms with E-state index in [0.717, 1.165) is 26.4 Å². The zero-order valence-electron chi connectivity index (χ0n) is 9.21. The Bertz CT molecular complexity index is 186. The van der Waals surface area contributed by atoms with Gasteiger partial charge in [0, 0.05) is 24.6 Å². The van der Waals surface area contributed by atoms with E-state index in [1.807, 2.05) is 0 Å². The van der Waals surface area contributed by atoms with Crippen LogP contribution in [0.3, 0.4) is 0 Å². The summed E-state index contributed by atoms with van der Waals surface area (Å²) in [6.45, 7) is 8.28. The normalized spacial score (nSPS) is 32.6. The van der Waals surface area contributed by atoms with Gasteiger partial charge in [-0.3, -0.25) is 0 Å². The number of ether oxygens (including phenoxy) is 2. The number of hydrogen-bond donors (Lipinski definition) is 1. The molecule has 3 nitrogen and oxygen atoms in total. The van der Waals surface area contributed by atoms with Crippen LogP contribution in [-0.2, 0) is 9.47 Å². The maximum absolute atomic E-state index is 5.64. The van der Waals surface area contributed by atoms with Crippen molar-refractivity contribution in [2.45, 2.75) is 38.8 Å². The highest BCUT2D eigenvalue weighted by atomic mass is 16.5. The summed E-state index contributed by atoms with van der Waals surface area (Å²) in [4.78, 5) is 0. The zero-order chi connectivity index (χ0) is 10.0. The Labute approximate surface area is 86.2 Å². The predicted molar refractivity (Wildman–Crippen MR) is 55.4 cm³/mol. The second-order valence-corrected chi connectivity index (χ2v) is 5.02. The van der Waals surface area contributed by atoms with Crippen molar-refractivity contribution in [3.63, 3.8) is 0 Å². The Morgan fingerprint density at radius 2 is 2.29 bits per heavy atom. The third-order valence-electron chi connectivity index (χ3n) is 3.27. The Hall–Kier alpha value is -0.120. The molecule has 2 aliphatic rings. The zero-order valence-corrected chi connectivity index (χ0v) is 9.21. The first-order chi connectivity index (χ1) is 6.70. The van der Waals surface area contributed by atoms with Crippen LogP contribution in [0, 0.1) is 5.41 Å². The van der Waals surface area contributed by atoms with Gasteiger partial charge < -0.3 is 14.8 Å². The Morgan fingerprint density at radius 1 is 1.50 bits per heavy atom. The van der Waals surface area contributed by atoms with Gasteiger partial charge in [0.25, 0.3) is 0 Å². The fourth-order valence-electron chi connectivity index (χ4n) is 2.09. The molecule has 2 rings (SSSR count). The lowest BCUT2D eigenvalue weighted by Gasteiger charge is -2.39. The molecule has 0 radical (unpaired) electrons. The van der Waals surface area contributed by atoms with Gasteiger partial charge in [0.1, 0.15) is 0 Å². The van der Waals surface area contributed by atoms with Crippen molar-refractivity contribution >= 4 is 0 Å². The maximum Gasteiger partial charge on any atom is 0.0726 e. The first-order valence-electron chi connectivity index (χ1n) is 5.62. The van der Waals surface area contributed by atoms with E-state index in [1.165, 1.54) is 12.8 Å². The standard InChI is InChI=1S/C11H21NO2/c1-9(10-4-3-5-14-10)12-6-11(2)7-13-8-11/h9-10,12H,3-8H2,1-2H3. The van der Waals surface area contributed by atoms with Gasteiger partial charge in [-0.25, -0.2) is 0 Å². The highest BCUT2D eigenvalue weighted by molar-refractivity contribution is 4.86. The maximum atomic E-state index is 5.64. The summed E-state index contributed by atoms with van der Waals surface area (Å²) in [5, 5.41) is 3.56. The summed E-state index contributed by atoms with van der Waals surface area (Å²) in [5.41, 5.74) is 0.368. The van der Waals surface area contributed by atoms with Crippen LogP contribution in [0.2, 0.25) is 0 Å². The van der Waals surface area contributed by atoms with Gasteiger partial charge in [0.2, 0.25) is 0 Å². The molecule has 0 spiro atoms. The fraction of sp³-hybridized carbons (Fsp3) is 1.00. The van der Waals surface area contributed by atoms with E-state index in [1.54, 1.807) is 0 Å². The Kier molecular flexibility index (Phi) is 3.10. The van der Waals surface area contributed by atoms with E-state index >= 15 is 0 Å². The van der Waals surface area contributed by atoms with Crippen molar-refractivity contribution in [1.82, 2.24) is 5.32 Å². The van der Waals surface area contributed by atoms with E-state index in [-0.39, 0.29) is 0 Å². The molecule has 2 fully saturated rings. The lowest BCUT2D eigenvalue weighted by molar-refractivity contribution is -0.101. The molecule has 14 heavy (non-hydrogen) atoms. The van der Waals surface area contributed by atoms with Crippen molar-refractivity contribution in [2.75, 3.05) is 26.4 Å². The molecule has 0 aromatic carbocycles. The molecule has 2 heterocycles. The van der Waals surface area contributed by atoms with Crippen LogP contribution in [0.4, 0.5) is 0 Å². The molecule has 3 heteroatoms. The lowest BCUT2D eigenvalue weighted by atomic mass is 9.88. The van der Waals surface area contributed by atoms with Gasteiger partial charge in [-0.1, -0.05) is 6.92 Å². The Balaban J connectivity index is 1.68. The van der Waals surface area contributed by atoms with Crippen LogP contribution < -0.4 is 5.32 Å². The van der Waals surface area contributed by atoms with E-state index in [4.69, 9.17) is 9.47 Å². The largest absolute Gasteiger partial charge is 0.380 e. The summed E-state index contributed by atoms with van der Waals surface area (Å²) in [5.74, 6) is 0. The van der Waals surface area contributed by atoms with Gasteiger partial charge in [0.05, 0.1) is 19.3 Å². The first-order valence-corrected chi connectivity index (χ1v) is 5.62. The molecular weight excluding hydrogens is 178 g/mol. The number of nitrogens with one attached hydrogen (secondary N) is 1. The topological polar surface area (TPSA) is 30.5 Å². The summed E-state index contributed by atoms with van der Waals surface area (Å²) >= 11 is 0. The van der Waals surface area contributed by atoms with Crippen LogP contribution >= 0.6 is 0 Å². The van der Waals surface area contributed by atoms with Gasteiger partial charge in [0.15, 0.2) is 0 Å². The minimum absolute atomic E-state index is 0.368. The highest BCUT2D eigenvalue weighted by Gasteiger charge is 2.34. The minimum atomic E-state index is 0.368. The molecule has 2 atom stereocenters. The third kappa shape index (κ3) is 2.27. The van der Waals surface area contributed by atoms with Crippen molar-refractivity contribution in [1.29, 1.82) is 0 Å². The van der Waals surface area contributed by atoms with Crippen LogP contribution in [0.1, 0.15) is 26.7 Å². The van der Waals surface area contributed by atoms with Crippen molar-refractivity contribution in [3.05, 3.63) is 0 Å². The van der Waals surface area contributed by atoms with E-state index in [9.17, 15) is 0 Å². The number of rotatable bonds is 4. The average molecular weight is 199 g/mol. The molecular formula is C11H21NO2. The van der Waals surface area contributed by atoms with Crippen LogP contribution in [0.25, 0.3) is 0 Å². The molecule has 82 valence electrons. The molecule has 0 aromatic heterocycles. The van der Waals surface area contributed by atoms with E-state index in [0.29, 0.717) is 17.6 Å². The molecule has 0 saturated carbocycles. The SMILES string of the molecule is CC(NCC1(C)COC1)C1CCCO1.